The van der Waals surface area contributed by atoms with Crippen molar-refractivity contribution in [3.05, 3.63) is 22.6 Å². The van der Waals surface area contributed by atoms with E-state index in [2.05, 4.69) is 39.7 Å². The van der Waals surface area contributed by atoms with Crippen molar-refractivity contribution in [3.63, 3.8) is 0 Å². The Labute approximate surface area is 124 Å². The normalized spacial score (nSPS) is 22.3. The van der Waals surface area contributed by atoms with Crippen molar-refractivity contribution < 1.29 is 4.42 Å². The molecule has 0 radical (unpaired) electrons. The first-order chi connectivity index (χ1) is 9.15. The molecule has 1 aromatic rings. The summed E-state index contributed by atoms with van der Waals surface area (Å²) < 4.78 is 6.43. The SMILES string of the molecule is CCN1CCCC1CN(C)C(CN)c1ccc(Br)o1. The molecule has 0 bridgehead atoms. The minimum Gasteiger partial charge on any atom is -0.453 e. The van der Waals surface area contributed by atoms with Crippen LogP contribution in [0.15, 0.2) is 21.2 Å². The predicted octanol–water partition coefficient (Wildman–Crippen LogP) is 2.46. The summed E-state index contributed by atoms with van der Waals surface area (Å²) in [5.41, 5.74) is 5.93. The first-order valence-corrected chi connectivity index (χ1v) is 7.84. The molecule has 2 heterocycles. The highest BCUT2D eigenvalue weighted by Gasteiger charge is 2.27. The van der Waals surface area contributed by atoms with Crippen LogP contribution in [0, 0.1) is 0 Å². The molecule has 0 aliphatic carbocycles. The van der Waals surface area contributed by atoms with Crippen LogP contribution in [-0.4, -0.2) is 49.1 Å². The molecule has 19 heavy (non-hydrogen) atoms. The third-order valence-corrected chi connectivity index (χ3v) is 4.51. The number of likely N-dealkylation sites (N-methyl/N-ethyl adjacent to an activating group) is 2. The summed E-state index contributed by atoms with van der Waals surface area (Å²) >= 11 is 3.35. The maximum Gasteiger partial charge on any atom is 0.169 e. The summed E-state index contributed by atoms with van der Waals surface area (Å²) in [5.74, 6) is 0.943. The fraction of sp³-hybridized carbons (Fsp3) is 0.714. The van der Waals surface area contributed by atoms with E-state index >= 15 is 0 Å². The monoisotopic (exact) mass is 329 g/mol. The second-order valence-electron chi connectivity index (χ2n) is 5.26. The second kappa shape index (κ2) is 6.88. The van der Waals surface area contributed by atoms with Gasteiger partial charge >= 0.3 is 0 Å². The Morgan fingerprint density at radius 2 is 2.37 bits per heavy atom. The van der Waals surface area contributed by atoms with Gasteiger partial charge < -0.3 is 10.2 Å². The van der Waals surface area contributed by atoms with E-state index in [-0.39, 0.29) is 6.04 Å². The van der Waals surface area contributed by atoms with Gasteiger partial charge in [0, 0.05) is 19.1 Å². The lowest BCUT2D eigenvalue weighted by molar-refractivity contribution is 0.153. The molecule has 1 aliphatic rings. The molecule has 2 atom stereocenters. The minimum absolute atomic E-state index is 0.158. The molecule has 0 aromatic carbocycles. The summed E-state index contributed by atoms with van der Waals surface area (Å²) in [4.78, 5) is 4.88. The molecule has 0 saturated carbocycles. The second-order valence-corrected chi connectivity index (χ2v) is 6.04. The summed E-state index contributed by atoms with van der Waals surface area (Å²) in [6.45, 7) is 6.23. The van der Waals surface area contributed by atoms with Gasteiger partial charge in [0.25, 0.3) is 0 Å². The van der Waals surface area contributed by atoms with Gasteiger partial charge in [-0.2, -0.15) is 0 Å². The highest BCUT2D eigenvalue weighted by atomic mass is 79.9. The van der Waals surface area contributed by atoms with E-state index < -0.39 is 0 Å². The fourth-order valence-electron chi connectivity index (χ4n) is 3.00. The van der Waals surface area contributed by atoms with E-state index in [9.17, 15) is 0 Å². The lowest BCUT2D eigenvalue weighted by atomic mass is 10.1. The van der Waals surface area contributed by atoms with Crippen molar-refractivity contribution in [1.29, 1.82) is 0 Å². The zero-order valence-electron chi connectivity index (χ0n) is 11.8. The standard InChI is InChI=1S/C14H24BrN3O/c1-3-18-8-4-5-11(18)10-17(2)12(9-16)13-6-7-14(15)19-13/h6-7,11-12H,3-5,8-10,16H2,1-2H3. The number of rotatable bonds is 6. The van der Waals surface area contributed by atoms with Gasteiger partial charge in [0.2, 0.25) is 0 Å². The summed E-state index contributed by atoms with van der Waals surface area (Å²) in [6, 6.07) is 4.75. The number of likely N-dealkylation sites (tertiary alicyclic amines) is 1. The quantitative estimate of drug-likeness (QED) is 0.870. The molecular weight excluding hydrogens is 306 g/mol. The lowest BCUT2D eigenvalue weighted by Crippen LogP contribution is -2.41. The van der Waals surface area contributed by atoms with Gasteiger partial charge in [-0.25, -0.2) is 0 Å². The molecule has 1 aromatic heterocycles. The van der Waals surface area contributed by atoms with Crippen molar-refractivity contribution in [2.45, 2.75) is 31.8 Å². The van der Waals surface area contributed by atoms with Gasteiger partial charge in [0.15, 0.2) is 4.67 Å². The van der Waals surface area contributed by atoms with Crippen LogP contribution in [0.4, 0.5) is 0 Å². The molecule has 1 fully saturated rings. The average Bonchev–Trinajstić information content (AvgIpc) is 2.99. The number of furan rings is 1. The van der Waals surface area contributed by atoms with E-state index in [1.165, 1.54) is 19.4 Å². The van der Waals surface area contributed by atoms with Crippen LogP contribution < -0.4 is 5.73 Å². The van der Waals surface area contributed by atoms with Crippen molar-refractivity contribution in [2.75, 3.05) is 33.2 Å². The number of halogens is 1. The Hall–Kier alpha value is -0.360. The van der Waals surface area contributed by atoms with Crippen molar-refractivity contribution in [1.82, 2.24) is 9.80 Å². The van der Waals surface area contributed by atoms with Gasteiger partial charge in [-0.05, 0) is 61.0 Å². The smallest absolute Gasteiger partial charge is 0.169 e. The summed E-state index contributed by atoms with van der Waals surface area (Å²) in [6.07, 6.45) is 2.60. The molecule has 0 amide bonds. The fourth-order valence-corrected chi connectivity index (χ4v) is 3.32. The molecular formula is C14H24BrN3O. The van der Waals surface area contributed by atoms with Gasteiger partial charge in [0.05, 0.1) is 6.04 Å². The number of hydrogen-bond acceptors (Lipinski definition) is 4. The number of hydrogen-bond donors (Lipinski definition) is 1. The maximum atomic E-state index is 5.93. The molecule has 5 heteroatoms. The topological polar surface area (TPSA) is 45.6 Å². The zero-order valence-corrected chi connectivity index (χ0v) is 13.4. The average molecular weight is 330 g/mol. The zero-order chi connectivity index (χ0) is 13.8. The van der Waals surface area contributed by atoms with Crippen LogP contribution in [0.5, 0.6) is 0 Å². The van der Waals surface area contributed by atoms with Crippen LogP contribution in [0.25, 0.3) is 0 Å². The Morgan fingerprint density at radius 3 is 2.95 bits per heavy atom. The highest BCUT2D eigenvalue weighted by Crippen LogP contribution is 2.26. The molecule has 2 rings (SSSR count). The van der Waals surface area contributed by atoms with Gasteiger partial charge in [-0.1, -0.05) is 6.92 Å². The number of nitrogens with two attached hydrogens (primary N) is 1. The third kappa shape index (κ3) is 3.60. The van der Waals surface area contributed by atoms with Crippen LogP contribution in [0.2, 0.25) is 0 Å². The van der Waals surface area contributed by atoms with Crippen LogP contribution in [0.3, 0.4) is 0 Å². The van der Waals surface area contributed by atoms with Gasteiger partial charge in [-0.3, -0.25) is 9.80 Å². The van der Waals surface area contributed by atoms with Gasteiger partial charge in [0.1, 0.15) is 5.76 Å². The predicted molar refractivity (Wildman–Crippen MR) is 81.1 cm³/mol. The molecule has 1 aliphatic heterocycles. The largest absolute Gasteiger partial charge is 0.453 e. The van der Waals surface area contributed by atoms with E-state index in [0.29, 0.717) is 12.6 Å². The molecule has 2 N–H and O–H groups in total. The Kier molecular flexibility index (Phi) is 5.45. The van der Waals surface area contributed by atoms with Crippen molar-refractivity contribution in [2.24, 2.45) is 5.73 Å². The highest BCUT2D eigenvalue weighted by molar-refractivity contribution is 9.10. The number of nitrogens with zero attached hydrogens (tertiary/aromatic N) is 2. The molecule has 108 valence electrons. The lowest BCUT2D eigenvalue weighted by Gasteiger charge is -2.31. The Bertz CT molecular complexity index is 396. The van der Waals surface area contributed by atoms with Crippen molar-refractivity contribution >= 4 is 15.9 Å². The van der Waals surface area contributed by atoms with Gasteiger partial charge in [-0.15, -0.1) is 0 Å². The molecule has 0 spiro atoms. The first-order valence-electron chi connectivity index (χ1n) is 7.05. The van der Waals surface area contributed by atoms with Crippen LogP contribution in [0.1, 0.15) is 31.6 Å². The molecule has 1 saturated heterocycles. The first kappa shape index (κ1) is 15.0. The van der Waals surface area contributed by atoms with E-state index in [0.717, 1.165) is 23.5 Å². The van der Waals surface area contributed by atoms with E-state index in [4.69, 9.17) is 10.2 Å². The Balaban J connectivity index is 1.99. The van der Waals surface area contributed by atoms with E-state index in [1.807, 2.05) is 12.1 Å². The molecule has 2 unspecified atom stereocenters. The summed E-state index contributed by atoms with van der Waals surface area (Å²) in [5, 5.41) is 0. The van der Waals surface area contributed by atoms with Crippen LogP contribution >= 0.6 is 15.9 Å². The van der Waals surface area contributed by atoms with Crippen LogP contribution in [-0.2, 0) is 0 Å². The van der Waals surface area contributed by atoms with Crippen molar-refractivity contribution in [3.8, 4) is 0 Å². The summed E-state index contributed by atoms with van der Waals surface area (Å²) in [7, 11) is 2.14. The third-order valence-electron chi connectivity index (χ3n) is 4.08. The minimum atomic E-state index is 0.158. The Morgan fingerprint density at radius 1 is 1.58 bits per heavy atom. The molecule has 4 nitrogen and oxygen atoms in total. The maximum absolute atomic E-state index is 5.93. The van der Waals surface area contributed by atoms with E-state index in [1.54, 1.807) is 0 Å².